The van der Waals surface area contributed by atoms with Crippen LogP contribution in [0, 0.1) is 0 Å². The van der Waals surface area contributed by atoms with Gasteiger partial charge in [0.2, 0.25) is 0 Å². The van der Waals surface area contributed by atoms with Crippen LogP contribution in [-0.2, 0) is 4.79 Å². The van der Waals surface area contributed by atoms with Gasteiger partial charge in [0.1, 0.15) is 0 Å². The van der Waals surface area contributed by atoms with Crippen LogP contribution in [0.25, 0.3) is 0 Å². The molecule has 0 aromatic carbocycles. The lowest BCUT2D eigenvalue weighted by molar-refractivity contribution is -0.139. The molecule has 0 aromatic rings. The highest BCUT2D eigenvalue weighted by molar-refractivity contribution is 5.76. The predicted molar refractivity (Wildman–Crippen MR) is 82.4 cm³/mol. The summed E-state index contributed by atoms with van der Waals surface area (Å²) in [6.45, 7) is 4.59. The summed E-state index contributed by atoms with van der Waals surface area (Å²) in [6.07, 6.45) is 4.52. The number of nitrogens with one attached hydrogen (secondary N) is 2. The first-order chi connectivity index (χ1) is 9.67. The summed E-state index contributed by atoms with van der Waals surface area (Å²) in [7, 11) is 3.93. The Kier molecular flexibility index (Phi) is 6.01. The second-order valence-corrected chi connectivity index (χ2v) is 6.93. The number of amides is 2. The average Bonchev–Trinajstić information content (AvgIpc) is 2.36. The molecular formula is C15H29N3O3. The van der Waals surface area contributed by atoms with Gasteiger partial charge in [0.05, 0.1) is 12.0 Å². The van der Waals surface area contributed by atoms with Crippen LogP contribution in [-0.4, -0.2) is 53.7 Å². The quantitative estimate of drug-likeness (QED) is 0.698. The maximum Gasteiger partial charge on any atom is 0.315 e. The first-order valence-corrected chi connectivity index (χ1v) is 7.62. The van der Waals surface area contributed by atoms with Crippen LogP contribution in [0.5, 0.6) is 0 Å². The molecule has 0 aromatic heterocycles. The highest BCUT2D eigenvalue weighted by Gasteiger charge is 2.36. The van der Waals surface area contributed by atoms with E-state index in [4.69, 9.17) is 5.11 Å². The van der Waals surface area contributed by atoms with Crippen molar-refractivity contribution in [1.29, 1.82) is 0 Å². The highest BCUT2D eigenvalue weighted by atomic mass is 16.4. The van der Waals surface area contributed by atoms with Crippen molar-refractivity contribution < 1.29 is 14.7 Å². The Morgan fingerprint density at radius 2 is 1.76 bits per heavy atom. The van der Waals surface area contributed by atoms with E-state index in [1.807, 2.05) is 32.8 Å². The Balaban J connectivity index is 2.58. The number of nitrogens with zero attached hydrogens (tertiary/aromatic N) is 1. The number of carboxylic acids is 1. The van der Waals surface area contributed by atoms with Crippen LogP contribution in [0.15, 0.2) is 0 Å². The molecule has 0 aliphatic heterocycles. The van der Waals surface area contributed by atoms with Crippen molar-refractivity contribution in [2.24, 2.45) is 0 Å². The normalized spacial score (nSPS) is 18.3. The molecule has 1 aliphatic carbocycles. The Labute approximate surface area is 127 Å². The van der Waals surface area contributed by atoms with Crippen LogP contribution in [0.3, 0.4) is 0 Å². The largest absolute Gasteiger partial charge is 0.481 e. The lowest BCUT2D eigenvalue weighted by Crippen LogP contribution is -2.57. The Bertz CT molecular complexity index is 374. The van der Waals surface area contributed by atoms with Crippen LogP contribution in [0.1, 0.15) is 52.4 Å². The zero-order valence-electron chi connectivity index (χ0n) is 13.7. The number of hydrogen-bond donors (Lipinski definition) is 3. The molecule has 0 radical (unpaired) electrons. The zero-order chi connectivity index (χ0) is 16.1. The summed E-state index contributed by atoms with van der Waals surface area (Å²) in [5.74, 6) is -0.856. The van der Waals surface area contributed by atoms with Gasteiger partial charge in [0.15, 0.2) is 0 Å². The second-order valence-electron chi connectivity index (χ2n) is 6.93. The molecule has 0 bridgehead atoms. The fraction of sp³-hybridized carbons (Fsp3) is 0.867. The van der Waals surface area contributed by atoms with Crippen molar-refractivity contribution in [3.8, 4) is 0 Å². The molecule has 1 saturated carbocycles. The van der Waals surface area contributed by atoms with E-state index in [0.29, 0.717) is 6.54 Å². The van der Waals surface area contributed by atoms with Gasteiger partial charge in [-0.15, -0.1) is 0 Å². The summed E-state index contributed by atoms with van der Waals surface area (Å²) in [6, 6.07) is -0.270. The summed E-state index contributed by atoms with van der Waals surface area (Å²) in [4.78, 5) is 25.3. The maximum atomic E-state index is 12.1. The molecule has 3 N–H and O–H groups in total. The van der Waals surface area contributed by atoms with Crippen LogP contribution < -0.4 is 10.6 Å². The van der Waals surface area contributed by atoms with Gasteiger partial charge in [-0.25, -0.2) is 4.79 Å². The van der Waals surface area contributed by atoms with E-state index in [1.165, 1.54) is 0 Å². The van der Waals surface area contributed by atoms with Gasteiger partial charge < -0.3 is 20.6 Å². The number of likely N-dealkylation sites (N-methyl/N-ethyl adjacent to an activating group) is 1. The molecule has 6 heteroatoms. The molecule has 0 unspecified atom stereocenters. The number of hydrogen-bond acceptors (Lipinski definition) is 3. The van der Waals surface area contributed by atoms with E-state index >= 15 is 0 Å². The minimum Gasteiger partial charge on any atom is -0.481 e. The van der Waals surface area contributed by atoms with Crippen molar-refractivity contribution in [1.82, 2.24) is 15.5 Å². The Morgan fingerprint density at radius 3 is 2.24 bits per heavy atom. The molecule has 1 aliphatic rings. The van der Waals surface area contributed by atoms with Crippen molar-refractivity contribution in [2.45, 2.75) is 63.5 Å². The van der Waals surface area contributed by atoms with Gasteiger partial charge in [-0.1, -0.05) is 19.3 Å². The number of carbonyl (C=O) groups is 2. The highest BCUT2D eigenvalue weighted by Crippen LogP contribution is 2.31. The SMILES string of the molecule is CN(C)C(C)(C)CNC(=O)NC1(CC(=O)O)CCCCC1. The molecule has 0 atom stereocenters. The third-order valence-electron chi connectivity index (χ3n) is 4.57. The molecule has 122 valence electrons. The van der Waals surface area contributed by atoms with Gasteiger partial charge in [-0.2, -0.15) is 0 Å². The number of rotatable bonds is 6. The van der Waals surface area contributed by atoms with Gasteiger partial charge in [0.25, 0.3) is 0 Å². The number of carboxylic acid groups (broad SMARTS) is 1. The van der Waals surface area contributed by atoms with E-state index in [1.54, 1.807) is 0 Å². The van der Waals surface area contributed by atoms with Gasteiger partial charge in [-0.05, 0) is 40.8 Å². The van der Waals surface area contributed by atoms with Crippen LogP contribution in [0.2, 0.25) is 0 Å². The Morgan fingerprint density at radius 1 is 1.19 bits per heavy atom. The topological polar surface area (TPSA) is 81.7 Å². The van der Waals surface area contributed by atoms with Gasteiger partial charge in [-0.3, -0.25) is 4.79 Å². The minimum atomic E-state index is -0.856. The molecule has 0 saturated heterocycles. The third-order valence-corrected chi connectivity index (χ3v) is 4.57. The van der Waals surface area contributed by atoms with E-state index < -0.39 is 11.5 Å². The molecule has 1 rings (SSSR count). The van der Waals surface area contributed by atoms with Crippen LogP contribution in [0.4, 0.5) is 4.79 Å². The fourth-order valence-corrected chi connectivity index (χ4v) is 2.60. The first-order valence-electron chi connectivity index (χ1n) is 7.62. The molecule has 1 fully saturated rings. The van der Waals surface area contributed by atoms with Crippen molar-refractivity contribution in [3.63, 3.8) is 0 Å². The van der Waals surface area contributed by atoms with Gasteiger partial charge >= 0.3 is 12.0 Å². The van der Waals surface area contributed by atoms with E-state index in [2.05, 4.69) is 10.6 Å². The minimum absolute atomic E-state index is 0.00249. The fourth-order valence-electron chi connectivity index (χ4n) is 2.60. The summed E-state index contributed by atoms with van der Waals surface area (Å²) in [5.41, 5.74) is -0.736. The van der Waals surface area contributed by atoms with Gasteiger partial charge in [0, 0.05) is 12.1 Å². The standard InChI is InChI=1S/C15H29N3O3/c1-14(2,18(3)4)11-16-13(21)17-15(10-12(19)20)8-6-5-7-9-15/h5-11H2,1-4H3,(H,19,20)(H2,16,17,21). The van der Waals surface area contributed by atoms with Crippen LogP contribution >= 0.6 is 0 Å². The Hall–Kier alpha value is -1.30. The lowest BCUT2D eigenvalue weighted by Gasteiger charge is -2.38. The number of carbonyl (C=O) groups excluding carboxylic acids is 1. The van der Waals surface area contributed by atoms with Crippen molar-refractivity contribution >= 4 is 12.0 Å². The first kappa shape index (κ1) is 17.8. The van der Waals surface area contributed by atoms with E-state index in [-0.39, 0.29) is 18.0 Å². The molecule has 2 amide bonds. The molecular weight excluding hydrogens is 270 g/mol. The molecule has 0 spiro atoms. The summed E-state index contributed by atoms with van der Waals surface area (Å²) >= 11 is 0. The van der Waals surface area contributed by atoms with E-state index in [9.17, 15) is 9.59 Å². The lowest BCUT2D eigenvalue weighted by atomic mass is 9.79. The smallest absolute Gasteiger partial charge is 0.315 e. The van der Waals surface area contributed by atoms with Crippen molar-refractivity contribution in [3.05, 3.63) is 0 Å². The van der Waals surface area contributed by atoms with E-state index in [0.717, 1.165) is 32.1 Å². The molecule has 6 nitrogen and oxygen atoms in total. The molecule has 0 heterocycles. The monoisotopic (exact) mass is 299 g/mol. The zero-order valence-corrected chi connectivity index (χ0v) is 13.7. The summed E-state index contributed by atoms with van der Waals surface area (Å²) in [5, 5.41) is 14.9. The predicted octanol–water partition coefficient (Wildman–Crippen LogP) is 1.80. The summed E-state index contributed by atoms with van der Waals surface area (Å²) < 4.78 is 0. The van der Waals surface area contributed by atoms with Crippen molar-refractivity contribution in [2.75, 3.05) is 20.6 Å². The maximum absolute atomic E-state index is 12.1. The molecule has 21 heavy (non-hydrogen) atoms. The number of urea groups is 1. The number of aliphatic carboxylic acids is 1. The third kappa shape index (κ3) is 5.53. The second kappa shape index (κ2) is 7.11. The average molecular weight is 299 g/mol.